The Kier molecular flexibility index (Phi) is 2.71. The fraction of sp³-hybridized carbons (Fsp3) is 0.0833. The van der Waals surface area contributed by atoms with E-state index < -0.39 is 17.6 Å². The first-order valence-corrected chi connectivity index (χ1v) is 5.79. The maximum absolute atomic E-state index is 12.8. The summed E-state index contributed by atoms with van der Waals surface area (Å²) in [5.74, 6) is -0.301. The van der Waals surface area contributed by atoms with Gasteiger partial charge in [0.25, 0.3) is 0 Å². The molecule has 0 aromatic carbocycles. The lowest BCUT2D eigenvalue weighted by atomic mass is 10.1. The van der Waals surface area contributed by atoms with Crippen molar-refractivity contribution in [1.29, 1.82) is 0 Å². The largest absolute Gasteiger partial charge is 0.419 e. The third kappa shape index (κ3) is 2.33. The van der Waals surface area contributed by atoms with E-state index in [-0.39, 0.29) is 11.4 Å². The van der Waals surface area contributed by atoms with E-state index in [1.807, 2.05) is 0 Å². The standard InChI is InChI=1S/C12H9F3N6/c13-12(14,15)7-3-6(4-18-11(7)17)8-1-2-10-19-9(16)5-21(10)20-8/h1-5H,16H2,(H2,17,18). The van der Waals surface area contributed by atoms with Crippen molar-refractivity contribution in [3.63, 3.8) is 0 Å². The monoisotopic (exact) mass is 294 g/mol. The van der Waals surface area contributed by atoms with E-state index in [1.165, 1.54) is 23.0 Å². The third-order valence-corrected chi connectivity index (χ3v) is 2.86. The quantitative estimate of drug-likeness (QED) is 0.715. The number of halogens is 3. The van der Waals surface area contributed by atoms with Crippen molar-refractivity contribution in [1.82, 2.24) is 19.6 Å². The van der Waals surface area contributed by atoms with Gasteiger partial charge in [0.05, 0.1) is 17.5 Å². The smallest absolute Gasteiger partial charge is 0.383 e. The Balaban J connectivity index is 2.13. The molecule has 108 valence electrons. The maximum atomic E-state index is 12.8. The van der Waals surface area contributed by atoms with E-state index in [0.717, 1.165) is 6.07 Å². The van der Waals surface area contributed by atoms with Crippen LogP contribution in [0.5, 0.6) is 0 Å². The number of aromatic nitrogens is 4. The van der Waals surface area contributed by atoms with Gasteiger partial charge in [-0.2, -0.15) is 18.3 Å². The Morgan fingerprint density at radius 2 is 1.90 bits per heavy atom. The van der Waals surface area contributed by atoms with Crippen LogP contribution in [-0.4, -0.2) is 19.6 Å². The fourth-order valence-corrected chi connectivity index (χ4v) is 1.90. The Bertz CT molecular complexity index is 823. The van der Waals surface area contributed by atoms with E-state index in [0.29, 0.717) is 11.3 Å². The molecule has 0 aliphatic heterocycles. The minimum atomic E-state index is -4.57. The number of anilines is 2. The second-order valence-corrected chi connectivity index (χ2v) is 4.34. The van der Waals surface area contributed by atoms with Gasteiger partial charge < -0.3 is 11.5 Å². The predicted molar refractivity (Wildman–Crippen MR) is 70.0 cm³/mol. The molecule has 3 heterocycles. The average molecular weight is 294 g/mol. The summed E-state index contributed by atoms with van der Waals surface area (Å²) >= 11 is 0. The molecule has 0 radical (unpaired) electrons. The van der Waals surface area contributed by atoms with Crippen LogP contribution >= 0.6 is 0 Å². The number of imidazole rings is 1. The van der Waals surface area contributed by atoms with Crippen molar-refractivity contribution >= 4 is 17.3 Å². The normalized spacial score (nSPS) is 12.0. The third-order valence-electron chi connectivity index (χ3n) is 2.86. The van der Waals surface area contributed by atoms with Crippen LogP contribution < -0.4 is 11.5 Å². The van der Waals surface area contributed by atoms with Crippen molar-refractivity contribution in [3.05, 3.63) is 36.2 Å². The number of nitrogen functional groups attached to an aromatic ring is 2. The summed E-state index contributed by atoms with van der Waals surface area (Å²) in [6, 6.07) is 4.05. The molecule has 3 rings (SSSR count). The van der Waals surface area contributed by atoms with E-state index >= 15 is 0 Å². The molecule has 0 saturated carbocycles. The first-order valence-electron chi connectivity index (χ1n) is 5.79. The molecule has 0 saturated heterocycles. The zero-order valence-corrected chi connectivity index (χ0v) is 10.5. The van der Waals surface area contributed by atoms with Crippen LogP contribution in [0.3, 0.4) is 0 Å². The number of nitrogens with zero attached hydrogens (tertiary/aromatic N) is 4. The van der Waals surface area contributed by atoms with Gasteiger partial charge in [-0.05, 0) is 18.2 Å². The van der Waals surface area contributed by atoms with E-state index in [9.17, 15) is 13.2 Å². The number of pyridine rings is 1. The molecule has 21 heavy (non-hydrogen) atoms. The first-order chi connectivity index (χ1) is 9.84. The van der Waals surface area contributed by atoms with Crippen molar-refractivity contribution in [3.8, 4) is 11.3 Å². The number of fused-ring (bicyclic) bond motifs is 1. The minimum Gasteiger partial charge on any atom is -0.383 e. The van der Waals surface area contributed by atoms with Crippen LogP contribution in [0.2, 0.25) is 0 Å². The van der Waals surface area contributed by atoms with Gasteiger partial charge in [-0.1, -0.05) is 0 Å². The molecule has 4 N–H and O–H groups in total. The molecule has 0 unspecified atom stereocenters. The SMILES string of the molecule is Nc1cn2nc(-c3cnc(N)c(C(F)(F)F)c3)ccc2n1. The highest BCUT2D eigenvalue weighted by molar-refractivity contribution is 5.63. The molecule has 9 heteroatoms. The van der Waals surface area contributed by atoms with Crippen LogP contribution in [0.4, 0.5) is 24.8 Å². The average Bonchev–Trinajstić information content (AvgIpc) is 2.77. The van der Waals surface area contributed by atoms with Crippen molar-refractivity contribution in [2.45, 2.75) is 6.18 Å². The molecule has 0 amide bonds. The van der Waals surface area contributed by atoms with Gasteiger partial charge in [0, 0.05) is 11.8 Å². The zero-order chi connectivity index (χ0) is 15.2. The van der Waals surface area contributed by atoms with Crippen molar-refractivity contribution < 1.29 is 13.2 Å². The van der Waals surface area contributed by atoms with E-state index in [2.05, 4.69) is 15.1 Å². The topological polar surface area (TPSA) is 95.1 Å². The number of hydrogen-bond donors (Lipinski definition) is 2. The van der Waals surface area contributed by atoms with Gasteiger partial charge >= 0.3 is 6.18 Å². The summed E-state index contributed by atoms with van der Waals surface area (Å²) in [7, 11) is 0. The summed E-state index contributed by atoms with van der Waals surface area (Å²) in [6.07, 6.45) is -1.87. The van der Waals surface area contributed by atoms with Gasteiger partial charge in [0.2, 0.25) is 0 Å². The first kappa shape index (κ1) is 13.2. The second kappa shape index (κ2) is 4.33. The van der Waals surface area contributed by atoms with Gasteiger partial charge in [-0.3, -0.25) is 0 Å². The maximum Gasteiger partial charge on any atom is 0.419 e. The van der Waals surface area contributed by atoms with Gasteiger partial charge in [0.1, 0.15) is 11.6 Å². The number of alkyl halides is 3. The highest BCUT2D eigenvalue weighted by Crippen LogP contribution is 2.34. The second-order valence-electron chi connectivity index (χ2n) is 4.34. The Morgan fingerprint density at radius 3 is 2.62 bits per heavy atom. The molecule has 0 spiro atoms. The molecule has 3 aromatic rings. The fourth-order valence-electron chi connectivity index (χ4n) is 1.90. The summed E-state index contributed by atoms with van der Waals surface area (Å²) in [5.41, 5.74) is 10.8. The van der Waals surface area contributed by atoms with E-state index in [1.54, 1.807) is 6.07 Å². The zero-order valence-electron chi connectivity index (χ0n) is 10.5. The number of rotatable bonds is 1. The molecular weight excluding hydrogens is 285 g/mol. The number of hydrogen-bond acceptors (Lipinski definition) is 5. The summed E-state index contributed by atoms with van der Waals surface area (Å²) in [4.78, 5) is 7.56. The summed E-state index contributed by atoms with van der Waals surface area (Å²) in [5, 5.41) is 4.15. The van der Waals surface area contributed by atoms with Crippen LogP contribution in [0.1, 0.15) is 5.56 Å². The molecule has 3 aromatic heterocycles. The van der Waals surface area contributed by atoms with Crippen LogP contribution in [0.25, 0.3) is 16.9 Å². The minimum absolute atomic E-state index is 0.200. The predicted octanol–water partition coefficient (Wildman–Crippen LogP) is 1.97. The molecule has 0 aliphatic carbocycles. The van der Waals surface area contributed by atoms with Gasteiger partial charge in [0.15, 0.2) is 5.65 Å². The van der Waals surface area contributed by atoms with E-state index in [4.69, 9.17) is 11.5 Å². The molecule has 0 fully saturated rings. The number of nitrogens with two attached hydrogens (primary N) is 2. The van der Waals surface area contributed by atoms with Gasteiger partial charge in [-0.25, -0.2) is 14.5 Å². The Hall–Kier alpha value is -2.84. The Labute approximate surface area is 116 Å². The summed E-state index contributed by atoms with van der Waals surface area (Å²) in [6.45, 7) is 0. The van der Waals surface area contributed by atoms with Crippen molar-refractivity contribution in [2.24, 2.45) is 0 Å². The highest BCUT2D eigenvalue weighted by Gasteiger charge is 2.34. The lowest BCUT2D eigenvalue weighted by Crippen LogP contribution is -2.10. The molecular formula is C12H9F3N6. The lowest BCUT2D eigenvalue weighted by Gasteiger charge is -2.10. The van der Waals surface area contributed by atoms with Crippen molar-refractivity contribution in [2.75, 3.05) is 11.5 Å². The van der Waals surface area contributed by atoms with Crippen LogP contribution in [0.15, 0.2) is 30.6 Å². The molecule has 0 bridgehead atoms. The molecule has 0 aliphatic rings. The Morgan fingerprint density at radius 1 is 1.14 bits per heavy atom. The molecule has 6 nitrogen and oxygen atoms in total. The molecule has 0 atom stereocenters. The highest BCUT2D eigenvalue weighted by atomic mass is 19.4. The summed E-state index contributed by atoms with van der Waals surface area (Å²) < 4.78 is 39.9. The van der Waals surface area contributed by atoms with Crippen LogP contribution in [0, 0.1) is 0 Å². The lowest BCUT2D eigenvalue weighted by molar-refractivity contribution is -0.137. The van der Waals surface area contributed by atoms with Crippen LogP contribution in [-0.2, 0) is 6.18 Å². The van der Waals surface area contributed by atoms with Gasteiger partial charge in [-0.15, -0.1) is 0 Å².